The van der Waals surface area contributed by atoms with E-state index in [0.717, 1.165) is 6.42 Å². The van der Waals surface area contributed by atoms with Crippen LogP contribution in [0.15, 0.2) is 12.7 Å². The summed E-state index contributed by atoms with van der Waals surface area (Å²) in [7, 11) is 0. The number of aliphatic hydroxyl groups excluding tert-OH is 1. The van der Waals surface area contributed by atoms with E-state index < -0.39 is 47.0 Å². The van der Waals surface area contributed by atoms with Crippen LogP contribution in [-0.2, 0) is 14.3 Å². The van der Waals surface area contributed by atoms with Crippen LogP contribution in [-0.4, -0.2) is 35.2 Å². The Morgan fingerprint density at radius 1 is 1.32 bits per heavy atom. The Balaban J connectivity index is 2.11. The van der Waals surface area contributed by atoms with Crippen molar-refractivity contribution in [3.8, 4) is 0 Å². The van der Waals surface area contributed by atoms with E-state index in [2.05, 4.69) is 6.58 Å². The first-order valence-electron chi connectivity index (χ1n) is 9.99. The standard InChI is InChI=1S/C21H29F3O4/c1-5-19(4)10-14(26)15-11(2)6-8-20(9-7-13(25)16(15)20)12(3)17(19)28-18(27)21(22,23)24/h5,11-12,14-17,26H,1,6-10H2,2-4H3/t11-,12-,14-,15?,16?,17+,19+,20+/m1/s1. The van der Waals surface area contributed by atoms with Gasteiger partial charge in [0, 0.05) is 23.7 Å². The number of esters is 1. The molecule has 4 nitrogen and oxygen atoms in total. The average Bonchev–Trinajstić information content (AvgIpc) is 2.95. The molecule has 2 bridgehead atoms. The van der Waals surface area contributed by atoms with Gasteiger partial charge < -0.3 is 9.84 Å². The predicted octanol–water partition coefficient (Wildman–Crippen LogP) is 4.07. The van der Waals surface area contributed by atoms with Crippen LogP contribution < -0.4 is 0 Å². The van der Waals surface area contributed by atoms with Crippen molar-refractivity contribution >= 4 is 11.8 Å². The molecule has 0 heterocycles. The van der Waals surface area contributed by atoms with E-state index >= 15 is 0 Å². The number of Topliss-reactive ketones (excluding diaryl/α,β-unsaturated/α-hetero) is 1. The molecule has 28 heavy (non-hydrogen) atoms. The zero-order chi connectivity index (χ0) is 21.1. The zero-order valence-electron chi connectivity index (χ0n) is 16.6. The largest absolute Gasteiger partial charge is 0.490 e. The van der Waals surface area contributed by atoms with Gasteiger partial charge in [-0.25, -0.2) is 4.79 Å². The van der Waals surface area contributed by atoms with E-state index in [4.69, 9.17) is 4.74 Å². The normalized spacial score (nSPS) is 46.3. The second-order valence-electron chi connectivity index (χ2n) is 9.36. The number of hydrogen-bond donors (Lipinski definition) is 1. The van der Waals surface area contributed by atoms with Crippen LogP contribution in [0.3, 0.4) is 0 Å². The fraction of sp³-hybridized carbons (Fsp3) is 0.810. The van der Waals surface area contributed by atoms with Crippen LogP contribution in [0.1, 0.15) is 52.9 Å². The van der Waals surface area contributed by atoms with Crippen molar-refractivity contribution in [2.45, 2.75) is 71.3 Å². The minimum Gasteiger partial charge on any atom is -0.454 e. The minimum atomic E-state index is -5.10. The lowest BCUT2D eigenvalue weighted by molar-refractivity contribution is -0.222. The molecule has 0 aromatic rings. The van der Waals surface area contributed by atoms with Crippen LogP contribution in [0.5, 0.6) is 0 Å². The predicted molar refractivity (Wildman–Crippen MR) is 96.1 cm³/mol. The van der Waals surface area contributed by atoms with E-state index in [1.54, 1.807) is 13.8 Å². The molecule has 3 rings (SSSR count). The van der Waals surface area contributed by atoms with Gasteiger partial charge in [-0.3, -0.25) is 4.79 Å². The molecule has 158 valence electrons. The Hall–Kier alpha value is -1.37. The Kier molecular flexibility index (Phi) is 5.22. The lowest BCUT2D eigenvalue weighted by atomic mass is 9.49. The molecule has 3 fully saturated rings. The van der Waals surface area contributed by atoms with E-state index in [-0.39, 0.29) is 24.0 Å². The Labute approximate surface area is 163 Å². The summed E-state index contributed by atoms with van der Waals surface area (Å²) in [5.74, 6) is -3.10. The molecule has 0 saturated heterocycles. The van der Waals surface area contributed by atoms with E-state index in [1.165, 1.54) is 6.08 Å². The summed E-state index contributed by atoms with van der Waals surface area (Å²) in [6.07, 6.45) is -3.10. The summed E-state index contributed by atoms with van der Waals surface area (Å²) in [6.45, 7) is 9.29. The fourth-order valence-electron chi connectivity index (χ4n) is 6.42. The third kappa shape index (κ3) is 3.10. The molecule has 0 aromatic carbocycles. The second kappa shape index (κ2) is 6.85. The van der Waals surface area contributed by atoms with E-state index in [9.17, 15) is 27.9 Å². The molecule has 3 saturated carbocycles. The highest BCUT2D eigenvalue weighted by Crippen LogP contribution is 2.63. The number of hydrogen-bond acceptors (Lipinski definition) is 4. The van der Waals surface area contributed by atoms with Gasteiger partial charge >= 0.3 is 12.1 Å². The number of carbonyl (C=O) groups is 2. The number of ether oxygens (including phenoxy) is 1. The summed E-state index contributed by atoms with van der Waals surface area (Å²) >= 11 is 0. The van der Waals surface area contributed by atoms with Gasteiger partial charge in [0.15, 0.2) is 0 Å². The highest BCUT2D eigenvalue weighted by molar-refractivity contribution is 5.85. The van der Waals surface area contributed by atoms with Crippen molar-refractivity contribution in [1.82, 2.24) is 0 Å². The molecule has 2 unspecified atom stereocenters. The monoisotopic (exact) mass is 402 g/mol. The topological polar surface area (TPSA) is 63.6 Å². The molecule has 0 radical (unpaired) electrons. The molecule has 8 atom stereocenters. The van der Waals surface area contributed by atoms with Crippen LogP contribution in [0.25, 0.3) is 0 Å². The second-order valence-corrected chi connectivity index (χ2v) is 9.36. The van der Waals surface area contributed by atoms with Gasteiger partial charge in [0.25, 0.3) is 0 Å². The van der Waals surface area contributed by atoms with Crippen molar-refractivity contribution in [2.75, 3.05) is 0 Å². The molecule has 0 aliphatic heterocycles. The quantitative estimate of drug-likeness (QED) is 0.559. The molecule has 0 aromatic heterocycles. The van der Waals surface area contributed by atoms with Gasteiger partial charge in [-0.15, -0.1) is 6.58 Å². The molecular formula is C21H29F3O4. The number of alkyl halides is 3. The molecule has 1 N–H and O–H groups in total. The van der Waals surface area contributed by atoms with Crippen LogP contribution in [0, 0.1) is 34.5 Å². The molecular weight excluding hydrogens is 373 g/mol. The maximum absolute atomic E-state index is 13.0. The van der Waals surface area contributed by atoms with Crippen molar-refractivity contribution in [3.63, 3.8) is 0 Å². The third-order valence-corrected chi connectivity index (χ3v) is 7.95. The third-order valence-electron chi connectivity index (χ3n) is 7.95. The molecule has 7 heteroatoms. The van der Waals surface area contributed by atoms with Gasteiger partial charge in [-0.1, -0.05) is 26.8 Å². The summed E-state index contributed by atoms with van der Waals surface area (Å²) in [4.78, 5) is 24.5. The summed E-state index contributed by atoms with van der Waals surface area (Å²) < 4.78 is 44.0. The van der Waals surface area contributed by atoms with Crippen molar-refractivity contribution < 1.29 is 32.6 Å². The van der Waals surface area contributed by atoms with Crippen molar-refractivity contribution in [3.05, 3.63) is 12.7 Å². The van der Waals surface area contributed by atoms with Gasteiger partial charge in [0.2, 0.25) is 0 Å². The van der Waals surface area contributed by atoms with Gasteiger partial charge in [-0.05, 0) is 42.9 Å². The highest BCUT2D eigenvalue weighted by atomic mass is 19.4. The Morgan fingerprint density at radius 2 is 1.96 bits per heavy atom. The van der Waals surface area contributed by atoms with Crippen molar-refractivity contribution in [1.29, 1.82) is 0 Å². The fourth-order valence-corrected chi connectivity index (χ4v) is 6.42. The number of rotatable bonds is 2. The van der Waals surface area contributed by atoms with Crippen LogP contribution in [0.2, 0.25) is 0 Å². The SMILES string of the molecule is C=C[C@@]1(C)C[C@@H](O)C2C3C(=O)CC[C@@]3(CC[C@H]2C)[C@H](C)[C@@H]1OC(=O)C(F)(F)F. The summed E-state index contributed by atoms with van der Waals surface area (Å²) in [5.41, 5.74) is -1.59. The Bertz CT molecular complexity index is 675. The molecule has 3 aliphatic rings. The molecule has 0 spiro atoms. The lowest BCUT2D eigenvalue weighted by Crippen LogP contribution is -2.58. The summed E-state index contributed by atoms with van der Waals surface area (Å²) in [5, 5.41) is 11.1. The zero-order valence-corrected chi connectivity index (χ0v) is 16.6. The number of aliphatic hydroxyl groups is 1. The van der Waals surface area contributed by atoms with Gasteiger partial charge in [0.1, 0.15) is 11.9 Å². The minimum absolute atomic E-state index is 0.0746. The van der Waals surface area contributed by atoms with Crippen LogP contribution in [0.4, 0.5) is 13.2 Å². The highest BCUT2D eigenvalue weighted by Gasteiger charge is 2.64. The van der Waals surface area contributed by atoms with Crippen molar-refractivity contribution in [2.24, 2.45) is 34.5 Å². The van der Waals surface area contributed by atoms with E-state index in [0.29, 0.717) is 19.3 Å². The Morgan fingerprint density at radius 3 is 2.54 bits per heavy atom. The van der Waals surface area contributed by atoms with Gasteiger partial charge in [-0.2, -0.15) is 13.2 Å². The maximum atomic E-state index is 13.0. The first-order valence-corrected chi connectivity index (χ1v) is 9.99. The smallest absolute Gasteiger partial charge is 0.454 e. The number of halogens is 3. The van der Waals surface area contributed by atoms with Crippen LogP contribution >= 0.6 is 0 Å². The van der Waals surface area contributed by atoms with Gasteiger partial charge in [0.05, 0.1) is 6.10 Å². The van der Waals surface area contributed by atoms with E-state index in [1.807, 2.05) is 6.92 Å². The molecule has 3 aliphatic carbocycles. The molecule has 0 amide bonds. The first-order chi connectivity index (χ1) is 12.9. The summed E-state index contributed by atoms with van der Waals surface area (Å²) in [6, 6.07) is 0. The number of ketones is 1. The lowest BCUT2D eigenvalue weighted by Gasteiger charge is -2.57. The first kappa shape index (κ1) is 21.3. The average molecular weight is 402 g/mol. The maximum Gasteiger partial charge on any atom is 0.490 e. The number of carbonyl (C=O) groups excluding carboxylic acids is 2.